The molecule has 0 aliphatic carbocycles. The van der Waals surface area contributed by atoms with Gasteiger partial charge in [0.05, 0.1) is 8.07 Å². The third kappa shape index (κ3) is 29.9. The van der Waals surface area contributed by atoms with Gasteiger partial charge in [0.2, 0.25) is 0 Å². The SMILES string of the molecule is C=CCCCCCC[Si](C)(C)C.CCCCCCC=C[Si](C)(C)C. The minimum Gasteiger partial charge on any atom is -0.103 e. The molecule has 0 saturated heterocycles. The smallest absolute Gasteiger partial charge is 0.0682 e. The van der Waals surface area contributed by atoms with Crippen molar-refractivity contribution in [3.8, 4) is 0 Å². The molecule has 0 amide bonds. The van der Waals surface area contributed by atoms with Crippen molar-refractivity contribution in [3.63, 3.8) is 0 Å². The second kappa shape index (κ2) is 16.4. The topological polar surface area (TPSA) is 0 Å². The summed E-state index contributed by atoms with van der Waals surface area (Å²) in [5, 5.41) is 0. The Hall–Kier alpha value is -0.0862. The molecule has 0 aliphatic rings. The van der Waals surface area contributed by atoms with Crippen LogP contribution in [0.15, 0.2) is 24.4 Å². The van der Waals surface area contributed by atoms with Gasteiger partial charge in [-0.05, 0) is 25.7 Å². The summed E-state index contributed by atoms with van der Waals surface area (Å²) in [4.78, 5) is 0. The van der Waals surface area contributed by atoms with Gasteiger partial charge in [-0.3, -0.25) is 0 Å². The van der Waals surface area contributed by atoms with Crippen molar-refractivity contribution in [3.05, 3.63) is 24.4 Å². The Labute approximate surface area is 157 Å². The van der Waals surface area contributed by atoms with Crippen molar-refractivity contribution in [1.82, 2.24) is 0 Å². The van der Waals surface area contributed by atoms with Crippen LogP contribution >= 0.6 is 0 Å². The molecular formula is C22H48Si2. The highest BCUT2D eigenvalue weighted by Gasteiger charge is 2.11. The molecule has 0 heterocycles. The Balaban J connectivity index is 0. The first-order valence-electron chi connectivity index (χ1n) is 10.4. The molecule has 0 fully saturated rings. The molecule has 0 N–H and O–H groups in total. The maximum Gasteiger partial charge on any atom is 0.0682 e. The normalized spacial score (nSPS) is 12.1. The van der Waals surface area contributed by atoms with E-state index in [9.17, 15) is 0 Å². The molecule has 0 spiro atoms. The zero-order valence-corrected chi connectivity index (χ0v) is 20.2. The first-order chi connectivity index (χ1) is 11.1. The maximum atomic E-state index is 3.72. The van der Waals surface area contributed by atoms with Crippen LogP contribution in [-0.2, 0) is 0 Å². The summed E-state index contributed by atoms with van der Waals surface area (Å²) in [5.41, 5.74) is 2.46. The first-order valence-corrected chi connectivity index (χ1v) is 17.7. The molecule has 2 heteroatoms. The molecule has 0 aromatic carbocycles. The van der Waals surface area contributed by atoms with E-state index < -0.39 is 16.1 Å². The quantitative estimate of drug-likeness (QED) is 0.173. The van der Waals surface area contributed by atoms with Gasteiger partial charge in [0.1, 0.15) is 0 Å². The highest BCUT2D eigenvalue weighted by atomic mass is 28.3. The van der Waals surface area contributed by atoms with E-state index in [0.717, 1.165) is 0 Å². The predicted octanol–water partition coefficient (Wildman–Crippen LogP) is 8.85. The van der Waals surface area contributed by atoms with Crippen LogP contribution in [-0.4, -0.2) is 16.1 Å². The molecule has 0 radical (unpaired) electrons. The van der Waals surface area contributed by atoms with Gasteiger partial charge in [0.25, 0.3) is 0 Å². The minimum atomic E-state index is -0.906. The lowest BCUT2D eigenvalue weighted by Crippen LogP contribution is -2.18. The summed E-state index contributed by atoms with van der Waals surface area (Å²) in [6, 6.07) is 1.50. The molecule has 0 nitrogen and oxygen atoms in total. The number of unbranched alkanes of at least 4 members (excludes halogenated alkanes) is 8. The maximum absolute atomic E-state index is 3.72. The lowest BCUT2D eigenvalue weighted by atomic mass is 10.1. The minimum absolute atomic E-state index is 0.746. The third-order valence-electron chi connectivity index (χ3n) is 3.93. The average molecular weight is 369 g/mol. The molecule has 144 valence electrons. The van der Waals surface area contributed by atoms with Gasteiger partial charge in [-0.25, -0.2) is 0 Å². The molecule has 0 saturated carbocycles. The fourth-order valence-corrected chi connectivity index (χ4v) is 4.61. The molecule has 0 aromatic heterocycles. The van der Waals surface area contributed by atoms with E-state index in [1.165, 1.54) is 70.3 Å². The Kier molecular flexibility index (Phi) is 17.9. The number of hydrogen-bond acceptors (Lipinski definition) is 0. The van der Waals surface area contributed by atoms with E-state index in [1.54, 1.807) is 0 Å². The van der Waals surface area contributed by atoms with E-state index in [0.29, 0.717) is 0 Å². The van der Waals surface area contributed by atoms with Gasteiger partial charge < -0.3 is 0 Å². The van der Waals surface area contributed by atoms with Crippen LogP contribution in [0.4, 0.5) is 0 Å². The molecule has 0 atom stereocenters. The molecule has 0 unspecified atom stereocenters. The van der Waals surface area contributed by atoms with E-state index in [4.69, 9.17) is 0 Å². The Morgan fingerprint density at radius 2 is 1.25 bits per heavy atom. The van der Waals surface area contributed by atoms with Crippen LogP contribution in [0.2, 0.25) is 45.3 Å². The zero-order valence-electron chi connectivity index (χ0n) is 18.2. The number of hydrogen-bond donors (Lipinski definition) is 0. The average Bonchev–Trinajstić information content (AvgIpc) is 2.45. The van der Waals surface area contributed by atoms with Crippen LogP contribution in [0.5, 0.6) is 0 Å². The monoisotopic (exact) mass is 368 g/mol. The third-order valence-corrected chi connectivity index (χ3v) is 7.02. The van der Waals surface area contributed by atoms with E-state index >= 15 is 0 Å². The largest absolute Gasteiger partial charge is 0.103 e. The van der Waals surface area contributed by atoms with Crippen molar-refractivity contribution in [1.29, 1.82) is 0 Å². The number of allylic oxidation sites excluding steroid dienone is 2. The second-order valence-corrected chi connectivity index (χ2v) is 20.1. The van der Waals surface area contributed by atoms with Gasteiger partial charge >= 0.3 is 0 Å². The summed E-state index contributed by atoms with van der Waals surface area (Å²) in [5.74, 6) is 0. The Morgan fingerprint density at radius 1 is 0.708 bits per heavy atom. The summed E-state index contributed by atoms with van der Waals surface area (Å²) in [6.07, 6.45) is 18.1. The summed E-state index contributed by atoms with van der Waals surface area (Å²) in [7, 11) is -1.65. The van der Waals surface area contributed by atoms with Gasteiger partial charge in [-0.2, -0.15) is 0 Å². The van der Waals surface area contributed by atoms with Crippen molar-refractivity contribution >= 4 is 16.1 Å². The molecule has 0 aliphatic heterocycles. The molecular weight excluding hydrogens is 320 g/mol. The molecule has 0 bridgehead atoms. The van der Waals surface area contributed by atoms with Crippen LogP contribution < -0.4 is 0 Å². The van der Waals surface area contributed by atoms with Crippen molar-refractivity contribution in [2.75, 3.05) is 0 Å². The van der Waals surface area contributed by atoms with E-state index in [1.807, 2.05) is 6.08 Å². The molecule has 24 heavy (non-hydrogen) atoms. The van der Waals surface area contributed by atoms with Crippen LogP contribution in [0.25, 0.3) is 0 Å². The lowest BCUT2D eigenvalue weighted by Gasteiger charge is -2.14. The van der Waals surface area contributed by atoms with Gasteiger partial charge in [0, 0.05) is 8.07 Å². The summed E-state index contributed by atoms with van der Waals surface area (Å²) < 4.78 is 0. The van der Waals surface area contributed by atoms with Crippen LogP contribution in [0.1, 0.15) is 71.1 Å². The van der Waals surface area contributed by atoms with Crippen LogP contribution in [0.3, 0.4) is 0 Å². The summed E-state index contributed by atoms with van der Waals surface area (Å²) >= 11 is 0. The highest BCUT2D eigenvalue weighted by molar-refractivity contribution is 6.80. The van der Waals surface area contributed by atoms with Gasteiger partial charge in [0.15, 0.2) is 0 Å². The molecule has 0 aromatic rings. The zero-order chi connectivity index (χ0) is 18.9. The summed E-state index contributed by atoms with van der Waals surface area (Å²) in [6.45, 7) is 20.5. The first kappa shape index (κ1) is 26.1. The lowest BCUT2D eigenvalue weighted by molar-refractivity contribution is 0.671. The molecule has 0 rings (SSSR count). The van der Waals surface area contributed by atoms with Gasteiger partial charge in [-0.15, -0.1) is 6.58 Å². The number of rotatable bonds is 13. The van der Waals surface area contributed by atoms with E-state index in [2.05, 4.69) is 64.6 Å². The Morgan fingerprint density at radius 3 is 1.75 bits per heavy atom. The predicted molar refractivity (Wildman–Crippen MR) is 123 cm³/mol. The fourth-order valence-electron chi connectivity index (χ4n) is 2.42. The van der Waals surface area contributed by atoms with Crippen molar-refractivity contribution < 1.29 is 0 Å². The van der Waals surface area contributed by atoms with E-state index in [-0.39, 0.29) is 0 Å². The second-order valence-electron chi connectivity index (χ2n) is 9.42. The van der Waals surface area contributed by atoms with Crippen LogP contribution in [0, 0.1) is 0 Å². The van der Waals surface area contributed by atoms with Crippen molar-refractivity contribution in [2.24, 2.45) is 0 Å². The fraction of sp³-hybridized carbons (Fsp3) is 0.818. The highest BCUT2D eigenvalue weighted by Crippen LogP contribution is 2.15. The van der Waals surface area contributed by atoms with Crippen molar-refractivity contribution in [2.45, 2.75) is 116 Å². The Bertz CT molecular complexity index is 292. The van der Waals surface area contributed by atoms with Gasteiger partial charge in [-0.1, -0.05) is 109 Å². The standard InChI is InChI=1S/2C11H24Si/c2*1-5-6-7-8-9-10-11-12(2,3)4/h10-11H,5-9H2,1-4H3;5H,1,6-11H2,2-4H3.